The molecule has 1 saturated heterocycles. The second-order valence-corrected chi connectivity index (χ2v) is 5.15. The Morgan fingerprint density at radius 3 is 2.91 bits per heavy atom. The van der Waals surface area contributed by atoms with Crippen molar-refractivity contribution in [2.24, 2.45) is 0 Å². The maximum atomic E-state index is 13.4. The molecule has 1 fully saturated rings. The van der Waals surface area contributed by atoms with Crippen LogP contribution in [-0.2, 0) is 11.3 Å². The van der Waals surface area contributed by atoms with Crippen LogP contribution in [0.3, 0.4) is 0 Å². The zero-order valence-electron chi connectivity index (χ0n) is 13.0. The van der Waals surface area contributed by atoms with Crippen molar-refractivity contribution in [2.75, 3.05) is 43.6 Å². The first kappa shape index (κ1) is 15.5. The minimum Gasteiger partial charge on any atom is -0.496 e. The van der Waals surface area contributed by atoms with Crippen LogP contribution in [0, 0.1) is 5.82 Å². The van der Waals surface area contributed by atoms with E-state index in [9.17, 15) is 4.39 Å². The van der Waals surface area contributed by atoms with Crippen LogP contribution < -0.4 is 15.0 Å². The highest BCUT2D eigenvalue weighted by Crippen LogP contribution is 2.20. The van der Waals surface area contributed by atoms with Gasteiger partial charge in [-0.2, -0.15) is 4.98 Å². The summed E-state index contributed by atoms with van der Waals surface area (Å²) in [6.07, 6.45) is 1.71. The Morgan fingerprint density at radius 2 is 2.13 bits per heavy atom. The molecule has 1 aromatic heterocycles. The second-order valence-electron chi connectivity index (χ2n) is 5.15. The van der Waals surface area contributed by atoms with Gasteiger partial charge in [0.15, 0.2) is 0 Å². The Balaban J connectivity index is 1.70. The molecule has 7 heteroatoms. The van der Waals surface area contributed by atoms with Gasteiger partial charge in [0.05, 0.1) is 20.3 Å². The molecule has 1 aromatic carbocycles. The zero-order chi connectivity index (χ0) is 16.1. The van der Waals surface area contributed by atoms with Crippen LogP contribution in [0.1, 0.15) is 5.56 Å². The van der Waals surface area contributed by atoms with E-state index < -0.39 is 0 Å². The summed E-state index contributed by atoms with van der Waals surface area (Å²) in [7, 11) is 1.56. The molecule has 2 aromatic rings. The van der Waals surface area contributed by atoms with Crippen molar-refractivity contribution in [1.29, 1.82) is 0 Å². The molecule has 1 aliphatic rings. The molecule has 0 bridgehead atoms. The number of benzene rings is 1. The van der Waals surface area contributed by atoms with Gasteiger partial charge >= 0.3 is 0 Å². The first-order chi connectivity index (χ1) is 11.3. The van der Waals surface area contributed by atoms with Crippen molar-refractivity contribution < 1.29 is 13.9 Å². The SMILES string of the molecule is COc1ccc(F)cc1CNc1nccc(N2CCOCC2)n1. The number of aromatic nitrogens is 2. The number of methoxy groups -OCH3 is 1. The summed E-state index contributed by atoms with van der Waals surface area (Å²) in [6, 6.07) is 6.30. The van der Waals surface area contributed by atoms with E-state index in [1.165, 1.54) is 12.1 Å². The molecular weight excluding hydrogens is 299 g/mol. The van der Waals surface area contributed by atoms with Crippen LogP contribution in [0.2, 0.25) is 0 Å². The maximum absolute atomic E-state index is 13.4. The summed E-state index contributed by atoms with van der Waals surface area (Å²) < 4.78 is 24.0. The normalized spacial score (nSPS) is 14.6. The van der Waals surface area contributed by atoms with Gasteiger partial charge in [-0.3, -0.25) is 0 Å². The third-order valence-electron chi connectivity index (χ3n) is 3.66. The molecule has 0 amide bonds. The molecule has 0 radical (unpaired) electrons. The molecule has 0 saturated carbocycles. The average Bonchev–Trinajstić information content (AvgIpc) is 2.61. The van der Waals surface area contributed by atoms with Crippen LogP contribution >= 0.6 is 0 Å². The van der Waals surface area contributed by atoms with Crippen LogP contribution in [0.15, 0.2) is 30.5 Å². The van der Waals surface area contributed by atoms with Crippen molar-refractivity contribution in [1.82, 2.24) is 9.97 Å². The second kappa shape index (κ2) is 7.23. The Morgan fingerprint density at radius 1 is 1.30 bits per heavy atom. The smallest absolute Gasteiger partial charge is 0.224 e. The van der Waals surface area contributed by atoms with E-state index in [4.69, 9.17) is 9.47 Å². The minimum absolute atomic E-state index is 0.300. The van der Waals surface area contributed by atoms with E-state index >= 15 is 0 Å². The Hall–Kier alpha value is -2.41. The van der Waals surface area contributed by atoms with Gasteiger partial charge in [0.1, 0.15) is 17.4 Å². The van der Waals surface area contributed by atoms with Gasteiger partial charge in [0, 0.05) is 31.4 Å². The topological polar surface area (TPSA) is 59.5 Å². The standard InChI is InChI=1S/C16H19FN4O2/c1-22-14-3-2-13(17)10-12(14)11-19-16-18-5-4-15(20-16)21-6-8-23-9-7-21/h2-5,10H,6-9,11H2,1H3,(H,18,19,20). The molecule has 0 unspecified atom stereocenters. The summed E-state index contributed by atoms with van der Waals surface area (Å²) in [5.74, 6) is 1.69. The van der Waals surface area contributed by atoms with E-state index in [-0.39, 0.29) is 5.82 Å². The molecule has 23 heavy (non-hydrogen) atoms. The fourth-order valence-corrected chi connectivity index (χ4v) is 2.46. The van der Waals surface area contributed by atoms with Crippen molar-refractivity contribution in [2.45, 2.75) is 6.54 Å². The molecule has 3 rings (SSSR count). The Kier molecular flexibility index (Phi) is 4.87. The Labute approximate surface area is 134 Å². The monoisotopic (exact) mass is 318 g/mol. The summed E-state index contributed by atoms with van der Waals surface area (Å²) in [5.41, 5.74) is 0.716. The number of nitrogens with zero attached hydrogens (tertiary/aromatic N) is 3. The van der Waals surface area contributed by atoms with Gasteiger partial charge in [0.2, 0.25) is 5.95 Å². The molecule has 0 aliphatic carbocycles. The fourth-order valence-electron chi connectivity index (χ4n) is 2.46. The molecule has 0 atom stereocenters. The largest absolute Gasteiger partial charge is 0.496 e. The van der Waals surface area contributed by atoms with Gasteiger partial charge in [-0.05, 0) is 24.3 Å². The van der Waals surface area contributed by atoms with E-state index in [0.717, 1.165) is 18.9 Å². The van der Waals surface area contributed by atoms with Crippen molar-refractivity contribution in [3.8, 4) is 5.75 Å². The highest BCUT2D eigenvalue weighted by Gasteiger charge is 2.13. The summed E-state index contributed by atoms with van der Waals surface area (Å²) in [6.45, 7) is 3.41. The van der Waals surface area contributed by atoms with E-state index in [1.807, 2.05) is 6.07 Å². The van der Waals surface area contributed by atoms with Gasteiger partial charge in [-0.1, -0.05) is 0 Å². The van der Waals surface area contributed by atoms with E-state index in [0.29, 0.717) is 37.0 Å². The quantitative estimate of drug-likeness (QED) is 0.911. The number of ether oxygens (including phenoxy) is 2. The van der Waals surface area contributed by atoms with Crippen LogP contribution in [0.5, 0.6) is 5.75 Å². The Bertz CT molecular complexity index is 662. The van der Waals surface area contributed by atoms with Crippen LogP contribution in [0.25, 0.3) is 0 Å². The molecular formula is C16H19FN4O2. The molecule has 2 heterocycles. The minimum atomic E-state index is -0.300. The molecule has 1 aliphatic heterocycles. The zero-order valence-corrected chi connectivity index (χ0v) is 13.0. The van der Waals surface area contributed by atoms with Gasteiger partial charge in [0.25, 0.3) is 0 Å². The number of nitrogens with one attached hydrogen (secondary N) is 1. The number of hydrogen-bond donors (Lipinski definition) is 1. The highest BCUT2D eigenvalue weighted by atomic mass is 19.1. The number of halogens is 1. The third-order valence-corrected chi connectivity index (χ3v) is 3.66. The lowest BCUT2D eigenvalue weighted by molar-refractivity contribution is 0.122. The molecule has 0 spiro atoms. The third kappa shape index (κ3) is 3.87. The fraction of sp³-hybridized carbons (Fsp3) is 0.375. The van der Waals surface area contributed by atoms with Gasteiger partial charge in [-0.15, -0.1) is 0 Å². The lowest BCUT2D eigenvalue weighted by Gasteiger charge is -2.27. The van der Waals surface area contributed by atoms with Crippen LogP contribution in [-0.4, -0.2) is 43.4 Å². The average molecular weight is 318 g/mol. The van der Waals surface area contributed by atoms with Crippen molar-refractivity contribution in [3.63, 3.8) is 0 Å². The summed E-state index contributed by atoms with van der Waals surface area (Å²) in [5, 5.41) is 3.12. The van der Waals surface area contributed by atoms with E-state index in [1.54, 1.807) is 19.4 Å². The first-order valence-corrected chi connectivity index (χ1v) is 7.48. The number of anilines is 2. The highest BCUT2D eigenvalue weighted by molar-refractivity contribution is 5.44. The summed E-state index contributed by atoms with van der Waals surface area (Å²) >= 11 is 0. The molecule has 122 valence electrons. The van der Waals surface area contributed by atoms with Crippen LogP contribution in [0.4, 0.5) is 16.2 Å². The lowest BCUT2D eigenvalue weighted by Crippen LogP contribution is -2.36. The number of hydrogen-bond acceptors (Lipinski definition) is 6. The number of rotatable bonds is 5. The number of morpholine rings is 1. The predicted octanol–water partition coefficient (Wildman–Crippen LogP) is 2.07. The predicted molar refractivity (Wildman–Crippen MR) is 85.3 cm³/mol. The van der Waals surface area contributed by atoms with Crippen molar-refractivity contribution in [3.05, 3.63) is 41.8 Å². The van der Waals surface area contributed by atoms with E-state index in [2.05, 4.69) is 20.2 Å². The molecule has 1 N–H and O–H groups in total. The van der Waals surface area contributed by atoms with Gasteiger partial charge < -0.3 is 19.7 Å². The summed E-state index contributed by atoms with van der Waals surface area (Å²) in [4.78, 5) is 10.9. The molecule has 6 nitrogen and oxygen atoms in total. The van der Waals surface area contributed by atoms with Crippen molar-refractivity contribution >= 4 is 11.8 Å². The maximum Gasteiger partial charge on any atom is 0.224 e. The lowest BCUT2D eigenvalue weighted by atomic mass is 10.2. The van der Waals surface area contributed by atoms with Gasteiger partial charge in [-0.25, -0.2) is 9.37 Å². The first-order valence-electron chi connectivity index (χ1n) is 7.48.